The van der Waals surface area contributed by atoms with Crippen LogP contribution >= 0.6 is 22.9 Å². The van der Waals surface area contributed by atoms with Crippen molar-refractivity contribution in [3.8, 4) is 11.5 Å². The predicted octanol–water partition coefficient (Wildman–Crippen LogP) is 4.54. The zero-order valence-corrected chi connectivity index (χ0v) is 22.5. The monoisotopic (exact) mass is 545 g/mol. The van der Waals surface area contributed by atoms with Gasteiger partial charge in [-0.15, -0.1) is 0 Å². The van der Waals surface area contributed by atoms with E-state index in [1.54, 1.807) is 50.0 Å². The topological polar surface area (TPSA) is 81.9 Å². The first-order chi connectivity index (χ1) is 18.4. The van der Waals surface area contributed by atoms with Crippen LogP contribution in [0.4, 0.5) is 5.69 Å². The number of carbonyl (C=O) groups excluding carboxylic acids is 1. The van der Waals surface area contributed by atoms with Gasteiger partial charge in [-0.25, -0.2) is 4.99 Å². The van der Waals surface area contributed by atoms with Gasteiger partial charge in [0.1, 0.15) is 11.5 Å². The van der Waals surface area contributed by atoms with Crippen LogP contribution < -0.4 is 29.7 Å². The fourth-order valence-corrected chi connectivity index (χ4v) is 5.61. The number of anilines is 1. The van der Waals surface area contributed by atoms with Crippen molar-refractivity contribution < 1.29 is 14.3 Å². The molecule has 0 spiro atoms. The molecule has 38 heavy (non-hydrogen) atoms. The fourth-order valence-electron chi connectivity index (χ4n) is 4.39. The Hall–Kier alpha value is -4.14. The normalized spacial score (nSPS) is 15.1. The number of ether oxygens (including phenoxy) is 2. The number of nitrogens with one attached hydrogen (secondary N) is 1. The molecular formula is C29H24ClN3O4S. The summed E-state index contributed by atoms with van der Waals surface area (Å²) in [5, 5.41) is 3.47. The third kappa shape index (κ3) is 4.88. The van der Waals surface area contributed by atoms with Gasteiger partial charge in [0, 0.05) is 16.3 Å². The number of methoxy groups -OCH3 is 2. The molecule has 1 aromatic heterocycles. The summed E-state index contributed by atoms with van der Waals surface area (Å²) in [5.74, 6) is 0.931. The van der Waals surface area contributed by atoms with Crippen molar-refractivity contribution in [2.24, 2.45) is 4.99 Å². The molecule has 1 aliphatic rings. The zero-order chi connectivity index (χ0) is 26.8. The summed E-state index contributed by atoms with van der Waals surface area (Å²) in [6.07, 6.45) is 1.74. The van der Waals surface area contributed by atoms with E-state index in [1.807, 2.05) is 54.6 Å². The molecule has 3 aromatic carbocycles. The molecule has 0 fully saturated rings. The number of hydrogen-bond acceptors (Lipinski definition) is 6. The molecule has 0 saturated heterocycles. The Balaban J connectivity index is 1.69. The number of hydrogen-bond donors (Lipinski definition) is 1. The number of nitrogens with zero attached hydrogens (tertiary/aromatic N) is 2. The van der Waals surface area contributed by atoms with Crippen LogP contribution in [-0.4, -0.2) is 24.7 Å². The average molecular weight is 546 g/mol. The van der Waals surface area contributed by atoms with Crippen molar-refractivity contribution in [2.75, 3.05) is 19.5 Å². The van der Waals surface area contributed by atoms with Gasteiger partial charge in [0.15, 0.2) is 4.80 Å². The Labute approximate surface area is 228 Å². The van der Waals surface area contributed by atoms with Gasteiger partial charge in [-0.05, 0) is 61.0 Å². The maximum Gasteiger partial charge on any atom is 0.271 e. The lowest BCUT2D eigenvalue weighted by atomic mass is 9.95. The molecule has 2 heterocycles. The second kappa shape index (κ2) is 10.7. The number of carbonyl (C=O) groups is 1. The minimum atomic E-state index is -0.690. The molecule has 0 saturated carbocycles. The number of thiazole rings is 1. The summed E-state index contributed by atoms with van der Waals surface area (Å²) in [7, 11) is 3.15. The molecule has 0 radical (unpaired) electrons. The molecule has 0 aliphatic carbocycles. The van der Waals surface area contributed by atoms with E-state index < -0.39 is 6.04 Å². The van der Waals surface area contributed by atoms with Crippen molar-refractivity contribution in [2.45, 2.75) is 13.0 Å². The standard InChI is InChI=1S/C29H24ClN3O4S/c1-17-25(27(34)32-21-7-5-4-6-8-21)26(18-9-12-22(36-2)13-10-18)33-28(35)24(38-29(33)31-17)16-19-15-20(30)11-14-23(19)37-3/h4-16,26H,1-3H3,(H,32,34)/b24-16+/t26-/m1/s1. The van der Waals surface area contributed by atoms with Crippen molar-refractivity contribution in [3.05, 3.63) is 120 Å². The molecule has 1 N–H and O–H groups in total. The number of fused-ring (bicyclic) bond motifs is 1. The van der Waals surface area contributed by atoms with Crippen LogP contribution in [0.25, 0.3) is 6.08 Å². The van der Waals surface area contributed by atoms with Gasteiger partial charge >= 0.3 is 0 Å². The van der Waals surface area contributed by atoms with Crippen LogP contribution in [0.15, 0.2) is 93.9 Å². The molecule has 9 heteroatoms. The maximum absolute atomic E-state index is 13.9. The summed E-state index contributed by atoms with van der Waals surface area (Å²) in [6, 6.07) is 21.0. The zero-order valence-electron chi connectivity index (χ0n) is 20.9. The average Bonchev–Trinajstić information content (AvgIpc) is 3.22. The largest absolute Gasteiger partial charge is 0.497 e. The van der Waals surface area contributed by atoms with E-state index >= 15 is 0 Å². The van der Waals surface area contributed by atoms with E-state index in [-0.39, 0.29) is 11.5 Å². The summed E-state index contributed by atoms with van der Waals surface area (Å²) in [4.78, 5) is 32.7. The van der Waals surface area contributed by atoms with E-state index in [2.05, 4.69) is 10.3 Å². The first kappa shape index (κ1) is 25.5. The Morgan fingerprint density at radius 2 is 1.79 bits per heavy atom. The Morgan fingerprint density at radius 1 is 1.05 bits per heavy atom. The van der Waals surface area contributed by atoms with Gasteiger partial charge in [-0.2, -0.15) is 0 Å². The first-order valence-electron chi connectivity index (χ1n) is 11.8. The van der Waals surface area contributed by atoms with E-state index in [0.717, 1.165) is 5.56 Å². The summed E-state index contributed by atoms with van der Waals surface area (Å²) in [6.45, 7) is 1.79. The van der Waals surface area contributed by atoms with Crippen molar-refractivity contribution in [1.82, 2.24) is 4.57 Å². The Kier molecular flexibility index (Phi) is 7.18. The Bertz CT molecular complexity index is 1720. The molecule has 4 aromatic rings. The van der Waals surface area contributed by atoms with Crippen LogP contribution in [0.5, 0.6) is 11.5 Å². The van der Waals surface area contributed by atoms with Gasteiger partial charge in [0.05, 0.1) is 36.1 Å². The van der Waals surface area contributed by atoms with Gasteiger partial charge in [0.25, 0.3) is 11.5 Å². The molecule has 0 unspecified atom stereocenters. The van der Waals surface area contributed by atoms with Crippen molar-refractivity contribution in [1.29, 1.82) is 0 Å². The predicted molar refractivity (Wildman–Crippen MR) is 150 cm³/mol. The highest BCUT2D eigenvalue weighted by atomic mass is 35.5. The first-order valence-corrected chi connectivity index (χ1v) is 13.0. The molecule has 192 valence electrons. The fraction of sp³-hybridized carbons (Fsp3) is 0.138. The number of rotatable bonds is 6. The number of benzene rings is 3. The minimum Gasteiger partial charge on any atom is -0.497 e. The highest BCUT2D eigenvalue weighted by Gasteiger charge is 2.32. The molecule has 1 aliphatic heterocycles. The van der Waals surface area contributed by atoms with Crippen LogP contribution in [0.3, 0.4) is 0 Å². The summed E-state index contributed by atoms with van der Waals surface area (Å²) < 4.78 is 12.8. The summed E-state index contributed by atoms with van der Waals surface area (Å²) in [5.41, 5.74) is 2.73. The number of amides is 1. The van der Waals surface area contributed by atoms with E-state index in [4.69, 9.17) is 21.1 Å². The molecule has 0 bridgehead atoms. The SMILES string of the molecule is COc1ccc([C@@H]2C(C(=O)Nc3ccccc3)=C(C)N=c3s/c(=C/c4cc(Cl)ccc4OC)c(=O)n32)cc1. The number of para-hydroxylation sites is 1. The highest BCUT2D eigenvalue weighted by Crippen LogP contribution is 2.32. The van der Waals surface area contributed by atoms with Gasteiger partial charge in [0.2, 0.25) is 0 Å². The van der Waals surface area contributed by atoms with Gasteiger partial charge in [-0.3, -0.25) is 14.2 Å². The minimum absolute atomic E-state index is 0.269. The molecule has 7 nitrogen and oxygen atoms in total. The van der Waals surface area contributed by atoms with Crippen LogP contribution in [0, 0.1) is 0 Å². The molecule has 5 rings (SSSR count). The Morgan fingerprint density at radius 3 is 2.47 bits per heavy atom. The van der Waals surface area contributed by atoms with Crippen LogP contribution in [0.1, 0.15) is 24.1 Å². The third-order valence-corrected chi connectivity index (χ3v) is 7.43. The molecular weight excluding hydrogens is 522 g/mol. The number of aromatic nitrogens is 1. The second-order valence-electron chi connectivity index (χ2n) is 8.56. The van der Waals surface area contributed by atoms with Crippen LogP contribution in [0.2, 0.25) is 5.02 Å². The second-order valence-corrected chi connectivity index (χ2v) is 10.0. The molecule has 1 amide bonds. The number of allylic oxidation sites excluding steroid dienone is 1. The van der Waals surface area contributed by atoms with E-state index in [1.165, 1.54) is 11.3 Å². The highest BCUT2D eigenvalue weighted by molar-refractivity contribution is 7.07. The lowest BCUT2D eigenvalue weighted by Gasteiger charge is -2.25. The lowest BCUT2D eigenvalue weighted by molar-refractivity contribution is -0.113. The van der Waals surface area contributed by atoms with Gasteiger partial charge < -0.3 is 14.8 Å². The number of halogens is 1. The van der Waals surface area contributed by atoms with Crippen molar-refractivity contribution in [3.63, 3.8) is 0 Å². The van der Waals surface area contributed by atoms with E-state index in [0.29, 0.717) is 48.4 Å². The molecule has 1 atom stereocenters. The quantitative estimate of drug-likeness (QED) is 0.385. The smallest absolute Gasteiger partial charge is 0.271 e. The van der Waals surface area contributed by atoms with Crippen LogP contribution in [-0.2, 0) is 4.79 Å². The maximum atomic E-state index is 13.9. The van der Waals surface area contributed by atoms with E-state index in [9.17, 15) is 9.59 Å². The summed E-state index contributed by atoms with van der Waals surface area (Å²) >= 11 is 7.46. The lowest BCUT2D eigenvalue weighted by Crippen LogP contribution is -2.40. The third-order valence-electron chi connectivity index (χ3n) is 6.21. The van der Waals surface area contributed by atoms with Crippen molar-refractivity contribution >= 4 is 40.6 Å². The van der Waals surface area contributed by atoms with Gasteiger partial charge in [-0.1, -0.05) is 53.3 Å².